The van der Waals surface area contributed by atoms with Gasteiger partial charge in [0.05, 0.1) is 5.56 Å². The maximum atomic E-state index is 11.8. The summed E-state index contributed by atoms with van der Waals surface area (Å²) in [6, 6.07) is 11.9. The summed E-state index contributed by atoms with van der Waals surface area (Å²) in [6.07, 6.45) is 0.655. The third-order valence-corrected chi connectivity index (χ3v) is 4.05. The molecule has 0 aliphatic heterocycles. The highest BCUT2D eigenvalue weighted by Gasteiger charge is 2.13. The van der Waals surface area contributed by atoms with Crippen LogP contribution >= 0.6 is 15.9 Å². The number of rotatable bonds is 1. The molecule has 18 heavy (non-hydrogen) atoms. The zero-order chi connectivity index (χ0) is 12.7. The van der Waals surface area contributed by atoms with E-state index in [0.717, 1.165) is 20.6 Å². The van der Waals surface area contributed by atoms with Crippen molar-refractivity contribution >= 4 is 37.7 Å². The number of hydrogen-bond donors (Lipinski definition) is 0. The minimum atomic E-state index is -0.257. The van der Waals surface area contributed by atoms with E-state index in [1.54, 1.807) is 0 Å². The van der Waals surface area contributed by atoms with Gasteiger partial charge in [-0.25, -0.2) is 4.79 Å². The highest BCUT2D eigenvalue weighted by Crippen LogP contribution is 2.32. The summed E-state index contributed by atoms with van der Waals surface area (Å²) in [5, 5.41) is 3.21. The average molecular weight is 303 g/mol. The molecule has 90 valence electrons. The third-order valence-electron chi connectivity index (χ3n) is 3.18. The van der Waals surface area contributed by atoms with E-state index in [-0.39, 0.29) is 5.63 Å². The fraction of sp³-hybridized carbons (Fsp3) is 0.133. The van der Waals surface area contributed by atoms with Crippen LogP contribution in [0.15, 0.2) is 50.1 Å². The van der Waals surface area contributed by atoms with Crippen LogP contribution < -0.4 is 5.63 Å². The van der Waals surface area contributed by atoms with Crippen LogP contribution in [-0.2, 0) is 6.42 Å². The smallest absolute Gasteiger partial charge is 0.340 e. The van der Waals surface area contributed by atoms with Crippen molar-refractivity contribution in [2.75, 3.05) is 0 Å². The van der Waals surface area contributed by atoms with Crippen LogP contribution in [0.1, 0.15) is 12.5 Å². The standard InChI is InChI=1S/C15H11BrO2/c1-2-10-14(16)13-11-6-4-3-5-9(11)7-8-12(13)18-15(10)17/h3-8H,2H2,1H3. The SMILES string of the molecule is CCc1c(Br)c2c(ccc3ccccc32)oc1=O. The van der Waals surface area contributed by atoms with E-state index in [0.29, 0.717) is 17.6 Å². The van der Waals surface area contributed by atoms with E-state index >= 15 is 0 Å². The van der Waals surface area contributed by atoms with Gasteiger partial charge in [-0.1, -0.05) is 37.3 Å². The Bertz CT molecular complexity index is 803. The molecule has 0 aliphatic carbocycles. The van der Waals surface area contributed by atoms with Crippen LogP contribution in [0.3, 0.4) is 0 Å². The molecule has 3 rings (SSSR count). The highest BCUT2D eigenvalue weighted by atomic mass is 79.9. The predicted octanol–water partition coefficient (Wildman–Crippen LogP) is 4.27. The molecule has 3 heteroatoms. The van der Waals surface area contributed by atoms with Crippen LogP contribution in [-0.4, -0.2) is 0 Å². The molecule has 0 fully saturated rings. The van der Waals surface area contributed by atoms with E-state index < -0.39 is 0 Å². The summed E-state index contributed by atoms with van der Waals surface area (Å²) < 4.78 is 6.24. The Morgan fingerprint density at radius 3 is 2.72 bits per heavy atom. The number of halogens is 1. The minimum Gasteiger partial charge on any atom is -0.422 e. The summed E-state index contributed by atoms with van der Waals surface area (Å²) in [5.41, 5.74) is 1.06. The zero-order valence-corrected chi connectivity index (χ0v) is 11.5. The van der Waals surface area contributed by atoms with Crippen LogP contribution in [0, 0.1) is 0 Å². The summed E-state index contributed by atoms with van der Waals surface area (Å²) in [6.45, 7) is 1.95. The first-order valence-electron chi connectivity index (χ1n) is 5.85. The summed E-state index contributed by atoms with van der Waals surface area (Å²) in [4.78, 5) is 11.8. The number of benzene rings is 2. The maximum Gasteiger partial charge on any atom is 0.340 e. The van der Waals surface area contributed by atoms with Gasteiger partial charge in [0, 0.05) is 9.86 Å². The fourth-order valence-corrected chi connectivity index (χ4v) is 3.12. The molecular formula is C15H11BrO2. The van der Waals surface area contributed by atoms with Crippen LogP contribution in [0.4, 0.5) is 0 Å². The maximum absolute atomic E-state index is 11.8. The van der Waals surface area contributed by atoms with Gasteiger partial charge >= 0.3 is 5.63 Å². The average Bonchev–Trinajstić information content (AvgIpc) is 2.38. The van der Waals surface area contributed by atoms with Gasteiger partial charge in [0.25, 0.3) is 0 Å². The summed E-state index contributed by atoms with van der Waals surface area (Å²) in [7, 11) is 0. The van der Waals surface area contributed by atoms with E-state index in [2.05, 4.69) is 22.0 Å². The van der Waals surface area contributed by atoms with Crippen LogP contribution in [0.25, 0.3) is 21.7 Å². The van der Waals surface area contributed by atoms with Gasteiger partial charge < -0.3 is 4.42 Å². The Morgan fingerprint density at radius 1 is 1.17 bits per heavy atom. The molecule has 1 aromatic heterocycles. The van der Waals surface area contributed by atoms with Crippen molar-refractivity contribution in [2.45, 2.75) is 13.3 Å². The van der Waals surface area contributed by atoms with Crippen molar-refractivity contribution in [1.82, 2.24) is 0 Å². The molecule has 0 N–H and O–H groups in total. The molecule has 3 aromatic rings. The molecule has 0 spiro atoms. The van der Waals surface area contributed by atoms with E-state index in [1.807, 2.05) is 37.3 Å². The normalized spacial score (nSPS) is 11.2. The van der Waals surface area contributed by atoms with Gasteiger partial charge in [0.1, 0.15) is 5.58 Å². The number of fused-ring (bicyclic) bond motifs is 3. The molecule has 0 saturated heterocycles. The van der Waals surface area contributed by atoms with Crippen molar-refractivity contribution in [3.05, 3.63) is 56.9 Å². The second-order valence-corrected chi connectivity index (χ2v) is 4.99. The monoisotopic (exact) mass is 302 g/mol. The Balaban J connectivity index is 2.61. The molecule has 1 heterocycles. The van der Waals surface area contributed by atoms with E-state index in [9.17, 15) is 4.79 Å². The molecule has 2 nitrogen and oxygen atoms in total. The van der Waals surface area contributed by atoms with Gasteiger partial charge in [-0.15, -0.1) is 0 Å². The van der Waals surface area contributed by atoms with Crippen molar-refractivity contribution in [1.29, 1.82) is 0 Å². The van der Waals surface area contributed by atoms with Gasteiger partial charge in [-0.2, -0.15) is 0 Å². The molecule has 0 atom stereocenters. The Kier molecular flexibility index (Phi) is 2.71. The van der Waals surface area contributed by atoms with Crippen molar-refractivity contribution in [3.63, 3.8) is 0 Å². The van der Waals surface area contributed by atoms with Gasteiger partial charge in [-0.3, -0.25) is 0 Å². The Hall–Kier alpha value is -1.61. The summed E-state index contributed by atoms with van der Waals surface area (Å²) in [5.74, 6) is 0. The van der Waals surface area contributed by atoms with Gasteiger partial charge in [0.15, 0.2) is 0 Å². The second-order valence-electron chi connectivity index (χ2n) is 4.20. The minimum absolute atomic E-state index is 0.257. The highest BCUT2D eigenvalue weighted by molar-refractivity contribution is 9.10. The van der Waals surface area contributed by atoms with Crippen LogP contribution in [0.2, 0.25) is 0 Å². The predicted molar refractivity (Wildman–Crippen MR) is 77.1 cm³/mol. The lowest BCUT2D eigenvalue weighted by Crippen LogP contribution is -2.07. The molecule has 0 radical (unpaired) electrons. The van der Waals surface area contributed by atoms with E-state index in [1.165, 1.54) is 0 Å². The Morgan fingerprint density at radius 2 is 1.94 bits per heavy atom. The largest absolute Gasteiger partial charge is 0.422 e. The van der Waals surface area contributed by atoms with Crippen molar-refractivity contribution < 1.29 is 4.42 Å². The molecule has 0 unspecified atom stereocenters. The first-order valence-corrected chi connectivity index (χ1v) is 6.64. The molecule has 0 saturated carbocycles. The molecule has 0 aliphatic rings. The lowest BCUT2D eigenvalue weighted by molar-refractivity contribution is 0.550. The summed E-state index contributed by atoms with van der Waals surface area (Å²) >= 11 is 3.55. The zero-order valence-electron chi connectivity index (χ0n) is 9.87. The lowest BCUT2D eigenvalue weighted by atomic mass is 10.0. The topological polar surface area (TPSA) is 30.2 Å². The molecular weight excluding hydrogens is 292 g/mol. The van der Waals surface area contributed by atoms with Crippen molar-refractivity contribution in [3.8, 4) is 0 Å². The molecule has 2 aromatic carbocycles. The first-order chi connectivity index (χ1) is 8.72. The van der Waals surface area contributed by atoms with Crippen molar-refractivity contribution in [2.24, 2.45) is 0 Å². The molecule has 0 bridgehead atoms. The van der Waals surface area contributed by atoms with Gasteiger partial charge in [-0.05, 0) is 39.2 Å². The Labute approximate surface area is 112 Å². The quantitative estimate of drug-likeness (QED) is 0.496. The fourth-order valence-electron chi connectivity index (χ4n) is 2.26. The number of hydrogen-bond acceptors (Lipinski definition) is 2. The first kappa shape index (κ1) is 11.5. The second kappa shape index (κ2) is 4.25. The lowest BCUT2D eigenvalue weighted by Gasteiger charge is -2.07. The van der Waals surface area contributed by atoms with E-state index in [4.69, 9.17) is 4.42 Å². The van der Waals surface area contributed by atoms with Crippen LogP contribution in [0.5, 0.6) is 0 Å². The molecule has 0 amide bonds. The third kappa shape index (κ3) is 1.58. The van der Waals surface area contributed by atoms with Gasteiger partial charge in [0.2, 0.25) is 0 Å².